The van der Waals surface area contributed by atoms with Crippen LogP contribution in [0.1, 0.15) is 5.69 Å². The van der Waals surface area contributed by atoms with Crippen LogP contribution in [0.15, 0.2) is 24.5 Å². The summed E-state index contributed by atoms with van der Waals surface area (Å²) in [6.45, 7) is 0.481. The molecule has 0 aromatic carbocycles. The Balaban J connectivity index is 2.46. The molecule has 0 atom stereocenters. The quantitative estimate of drug-likeness (QED) is 0.613. The molecule has 0 saturated heterocycles. The van der Waals surface area contributed by atoms with Crippen molar-refractivity contribution in [3.8, 4) is 11.3 Å². The van der Waals surface area contributed by atoms with Crippen LogP contribution in [0.4, 0.5) is 0 Å². The van der Waals surface area contributed by atoms with E-state index in [4.69, 9.17) is 5.73 Å². The van der Waals surface area contributed by atoms with E-state index in [0.717, 1.165) is 17.0 Å². The minimum absolute atomic E-state index is 0.481. The number of nitrogens with one attached hydrogen (secondary N) is 2. The highest BCUT2D eigenvalue weighted by atomic mass is 15.1. The normalized spacial score (nSPS) is 10.4. The van der Waals surface area contributed by atoms with Crippen molar-refractivity contribution in [2.75, 3.05) is 0 Å². The predicted molar refractivity (Wildman–Crippen MR) is 46.3 cm³/mol. The maximum Gasteiger partial charge on any atom is 0.0584 e. The third-order valence-corrected chi connectivity index (χ3v) is 1.81. The van der Waals surface area contributed by atoms with Crippen LogP contribution in [0.5, 0.6) is 0 Å². The molecule has 2 aromatic rings. The zero-order chi connectivity index (χ0) is 8.39. The molecule has 0 amide bonds. The van der Waals surface area contributed by atoms with E-state index in [0.29, 0.717) is 6.54 Å². The Hall–Kier alpha value is -1.55. The van der Waals surface area contributed by atoms with E-state index in [1.165, 1.54) is 0 Å². The predicted octanol–water partition coefficient (Wildman–Crippen LogP) is 0.863. The van der Waals surface area contributed by atoms with E-state index in [1.807, 2.05) is 18.3 Å². The number of nitrogens with two attached hydrogens (primary N) is 1. The number of rotatable bonds is 2. The summed E-state index contributed by atoms with van der Waals surface area (Å²) in [6, 6.07) is 3.94. The molecule has 0 spiro atoms. The van der Waals surface area contributed by atoms with Gasteiger partial charge in [0, 0.05) is 24.0 Å². The standard InChI is InChI=1S/C8H10N4/c9-4-8-6(5-11-12-8)7-2-1-3-10-7/h1-3,5,10H,4,9H2,(H,11,12). The van der Waals surface area contributed by atoms with E-state index in [2.05, 4.69) is 15.2 Å². The van der Waals surface area contributed by atoms with Gasteiger partial charge in [0.1, 0.15) is 0 Å². The maximum atomic E-state index is 5.52. The van der Waals surface area contributed by atoms with Gasteiger partial charge in [0.05, 0.1) is 11.9 Å². The number of nitrogens with zero attached hydrogens (tertiary/aromatic N) is 1. The lowest BCUT2D eigenvalue weighted by Crippen LogP contribution is -1.98. The van der Waals surface area contributed by atoms with Crippen LogP contribution in [0, 0.1) is 0 Å². The molecule has 0 unspecified atom stereocenters. The van der Waals surface area contributed by atoms with Crippen molar-refractivity contribution >= 4 is 0 Å². The molecule has 4 N–H and O–H groups in total. The first-order valence-corrected chi connectivity index (χ1v) is 3.78. The van der Waals surface area contributed by atoms with Crippen molar-refractivity contribution < 1.29 is 0 Å². The summed E-state index contributed by atoms with van der Waals surface area (Å²) in [5.41, 5.74) is 8.56. The highest BCUT2D eigenvalue weighted by Gasteiger charge is 2.05. The summed E-state index contributed by atoms with van der Waals surface area (Å²) in [4.78, 5) is 3.10. The second-order valence-corrected chi connectivity index (χ2v) is 2.55. The summed E-state index contributed by atoms with van der Waals surface area (Å²) in [5, 5.41) is 6.77. The van der Waals surface area contributed by atoms with Gasteiger partial charge < -0.3 is 10.7 Å². The van der Waals surface area contributed by atoms with Crippen LogP contribution < -0.4 is 5.73 Å². The van der Waals surface area contributed by atoms with Gasteiger partial charge in [0.15, 0.2) is 0 Å². The van der Waals surface area contributed by atoms with Gasteiger partial charge in [-0.25, -0.2) is 0 Å². The van der Waals surface area contributed by atoms with E-state index in [9.17, 15) is 0 Å². The lowest BCUT2D eigenvalue weighted by Gasteiger charge is -1.95. The molecule has 0 aliphatic carbocycles. The molecule has 0 saturated carbocycles. The number of hydrogen-bond acceptors (Lipinski definition) is 2. The third kappa shape index (κ3) is 1.02. The molecule has 0 bridgehead atoms. The first-order valence-electron chi connectivity index (χ1n) is 3.78. The first-order chi connectivity index (χ1) is 5.92. The number of hydrogen-bond donors (Lipinski definition) is 3. The van der Waals surface area contributed by atoms with Gasteiger partial charge in [-0.1, -0.05) is 0 Å². The Kier molecular flexibility index (Phi) is 1.68. The molecule has 0 aliphatic rings. The Morgan fingerprint density at radius 2 is 2.42 bits per heavy atom. The zero-order valence-corrected chi connectivity index (χ0v) is 6.54. The minimum Gasteiger partial charge on any atom is -0.361 e. The van der Waals surface area contributed by atoms with Crippen molar-refractivity contribution in [3.05, 3.63) is 30.2 Å². The fourth-order valence-corrected chi connectivity index (χ4v) is 1.20. The largest absolute Gasteiger partial charge is 0.361 e. The Bertz CT molecular complexity index is 347. The molecule has 2 rings (SSSR count). The average molecular weight is 162 g/mol. The van der Waals surface area contributed by atoms with Crippen LogP contribution in [-0.2, 0) is 6.54 Å². The molecule has 2 heterocycles. The molecule has 0 radical (unpaired) electrons. The number of aromatic amines is 2. The molecule has 2 aromatic heterocycles. The Morgan fingerprint density at radius 3 is 3.08 bits per heavy atom. The van der Waals surface area contributed by atoms with E-state index >= 15 is 0 Å². The van der Waals surface area contributed by atoms with Gasteiger partial charge in [-0.05, 0) is 12.1 Å². The van der Waals surface area contributed by atoms with Gasteiger partial charge >= 0.3 is 0 Å². The second kappa shape index (κ2) is 2.83. The lowest BCUT2D eigenvalue weighted by atomic mass is 10.2. The molecule has 12 heavy (non-hydrogen) atoms. The van der Waals surface area contributed by atoms with Crippen LogP contribution in [0.3, 0.4) is 0 Å². The first kappa shape index (κ1) is 7.12. The smallest absolute Gasteiger partial charge is 0.0584 e. The Labute approximate surface area is 69.8 Å². The SMILES string of the molecule is NCc1[nH]ncc1-c1ccc[nH]1. The molecule has 4 nitrogen and oxygen atoms in total. The summed E-state index contributed by atoms with van der Waals surface area (Å²) in [5.74, 6) is 0. The molecule has 4 heteroatoms. The lowest BCUT2D eigenvalue weighted by molar-refractivity contribution is 0.948. The highest BCUT2D eigenvalue weighted by molar-refractivity contribution is 5.60. The van der Waals surface area contributed by atoms with Gasteiger partial charge in [-0.15, -0.1) is 0 Å². The van der Waals surface area contributed by atoms with Crippen LogP contribution in [0.25, 0.3) is 11.3 Å². The fraction of sp³-hybridized carbons (Fsp3) is 0.125. The second-order valence-electron chi connectivity index (χ2n) is 2.55. The van der Waals surface area contributed by atoms with Crippen LogP contribution in [0.2, 0.25) is 0 Å². The van der Waals surface area contributed by atoms with Crippen molar-refractivity contribution in [1.82, 2.24) is 15.2 Å². The van der Waals surface area contributed by atoms with E-state index in [1.54, 1.807) is 6.20 Å². The highest BCUT2D eigenvalue weighted by Crippen LogP contribution is 2.18. The van der Waals surface area contributed by atoms with Gasteiger partial charge in [0.2, 0.25) is 0 Å². The third-order valence-electron chi connectivity index (χ3n) is 1.81. The number of aromatic nitrogens is 3. The molecular formula is C8H10N4. The van der Waals surface area contributed by atoms with Crippen molar-refractivity contribution in [2.45, 2.75) is 6.54 Å². The monoisotopic (exact) mass is 162 g/mol. The minimum atomic E-state index is 0.481. The number of H-pyrrole nitrogens is 2. The van der Waals surface area contributed by atoms with Crippen LogP contribution >= 0.6 is 0 Å². The summed E-state index contributed by atoms with van der Waals surface area (Å²) in [7, 11) is 0. The van der Waals surface area contributed by atoms with Crippen LogP contribution in [-0.4, -0.2) is 15.2 Å². The van der Waals surface area contributed by atoms with Crippen molar-refractivity contribution in [2.24, 2.45) is 5.73 Å². The van der Waals surface area contributed by atoms with Crippen molar-refractivity contribution in [3.63, 3.8) is 0 Å². The maximum absolute atomic E-state index is 5.52. The van der Waals surface area contributed by atoms with Crippen molar-refractivity contribution in [1.29, 1.82) is 0 Å². The van der Waals surface area contributed by atoms with Gasteiger partial charge in [0.25, 0.3) is 0 Å². The summed E-state index contributed by atoms with van der Waals surface area (Å²) in [6.07, 6.45) is 3.65. The molecule has 0 fully saturated rings. The van der Waals surface area contributed by atoms with Gasteiger partial charge in [-0.3, -0.25) is 5.10 Å². The summed E-state index contributed by atoms with van der Waals surface area (Å²) >= 11 is 0. The molecular weight excluding hydrogens is 152 g/mol. The van der Waals surface area contributed by atoms with E-state index < -0.39 is 0 Å². The molecule has 0 aliphatic heterocycles. The topological polar surface area (TPSA) is 70.5 Å². The Morgan fingerprint density at radius 1 is 1.50 bits per heavy atom. The zero-order valence-electron chi connectivity index (χ0n) is 6.54. The fourth-order valence-electron chi connectivity index (χ4n) is 1.20. The summed E-state index contributed by atoms with van der Waals surface area (Å²) < 4.78 is 0. The molecule has 62 valence electrons. The average Bonchev–Trinajstić information content (AvgIpc) is 2.74. The van der Waals surface area contributed by atoms with Gasteiger partial charge in [-0.2, -0.15) is 5.10 Å². The van der Waals surface area contributed by atoms with E-state index in [-0.39, 0.29) is 0 Å².